The maximum Gasteiger partial charge on any atom is 0.138 e. The first kappa shape index (κ1) is 16.0. The van der Waals surface area contributed by atoms with Gasteiger partial charge in [0.25, 0.3) is 0 Å². The Morgan fingerprint density at radius 1 is 0.952 bits per heavy atom. The minimum absolute atomic E-state index is 0.392. The van der Waals surface area contributed by atoms with Crippen molar-refractivity contribution in [2.75, 3.05) is 14.2 Å². The maximum atomic E-state index is 10.5. The maximum absolute atomic E-state index is 10.5. The van der Waals surface area contributed by atoms with E-state index in [0.29, 0.717) is 32.7 Å². The Labute approximate surface area is 134 Å². The summed E-state index contributed by atoms with van der Waals surface area (Å²) in [5.74, 6) is 1.18. The van der Waals surface area contributed by atoms with Crippen molar-refractivity contribution in [2.24, 2.45) is 0 Å². The monoisotopic (exact) mass is 326 g/mol. The molecule has 0 saturated heterocycles. The lowest BCUT2D eigenvalue weighted by Crippen LogP contribution is -2.02. The highest BCUT2D eigenvalue weighted by Crippen LogP contribution is 2.37. The lowest BCUT2D eigenvalue weighted by atomic mass is 9.99. The smallest absolute Gasteiger partial charge is 0.138 e. The minimum Gasteiger partial charge on any atom is -0.496 e. The molecular formula is C16H16Cl2O3. The molecular weight excluding hydrogens is 311 g/mol. The molecule has 5 heteroatoms. The summed E-state index contributed by atoms with van der Waals surface area (Å²) in [4.78, 5) is 0. The summed E-state index contributed by atoms with van der Waals surface area (Å²) in [6, 6.07) is 8.70. The van der Waals surface area contributed by atoms with Gasteiger partial charge in [0.15, 0.2) is 0 Å². The Morgan fingerprint density at radius 2 is 1.62 bits per heavy atom. The van der Waals surface area contributed by atoms with E-state index in [2.05, 4.69) is 0 Å². The Balaban J connectivity index is 2.44. The molecule has 3 nitrogen and oxygen atoms in total. The molecule has 1 unspecified atom stereocenters. The molecule has 0 aromatic heterocycles. The van der Waals surface area contributed by atoms with Crippen molar-refractivity contribution < 1.29 is 14.6 Å². The van der Waals surface area contributed by atoms with Crippen LogP contribution in [0.15, 0.2) is 30.3 Å². The number of ether oxygens (including phenoxy) is 2. The average molecular weight is 327 g/mol. The van der Waals surface area contributed by atoms with Gasteiger partial charge in [-0.2, -0.15) is 0 Å². The fourth-order valence-corrected chi connectivity index (χ4v) is 2.60. The minimum atomic E-state index is -0.893. The van der Waals surface area contributed by atoms with Crippen molar-refractivity contribution in [1.82, 2.24) is 0 Å². The van der Waals surface area contributed by atoms with E-state index in [9.17, 15) is 5.11 Å². The Hall–Kier alpha value is -1.42. The molecule has 0 aliphatic heterocycles. The zero-order chi connectivity index (χ0) is 15.6. The molecule has 0 aliphatic rings. The topological polar surface area (TPSA) is 38.7 Å². The molecule has 0 fully saturated rings. The second-order valence-corrected chi connectivity index (χ2v) is 5.45. The van der Waals surface area contributed by atoms with Gasteiger partial charge in [-0.25, -0.2) is 0 Å². The molecule has 0 heterocycles. The molecule has 0 saturated carbocycles. The molecule has 0 amide bonds. The van der Waals surface area contributed by atoms with Gasteiger partial charge in [0, 0.05) is 11.6 Å². The third-order valence-corrected chi connectivity index (χ3v) is 3.94. The molecule has 1 N–H and O–H groups in total. The lowest BCUT2D eigenvalue weighted by Gasteiger charge is -2.16. The van der Waals surface area contributed by atoms with Crippen molar-refractivity contribution in [2.45, 2.75) is 13.0 Å². The standard InChI is InChI=1S/C16H16Cl2O3/c1-9-4-5-10(6-14(9)20-2)16(19)11-7-13(18)15(21-3)8-12(11)17/h4-8,16,19H,1-3H3. The van der Waals surface area contributed by atoms with Crippen LogP contribution in [-0.2, 0) is 0 Å². The van der Waals surface area contributed by atoms with E-state index in [1.165, 1.54) is 7.11 Å². The summed E-state index contributed by atoms with van der Waals surface area (Å²) in [6.07, 6.45) is -0.893. The van der Waals surface area contributed by atoms with Crippen LogP contribution in [0.3, 0.4) is 0 Å². The van der Waals surface area contributed by atoms with E-state index in [1.54, 1.807) is 25.3 Å². The van der Waals surface area contributed by atoms with E-state index in [-0.39, 0.29) is 0 Å². The van der Waals surface area contributed by atoms with Crippen molar-refractivity contribution >= 4 is 23.2 Å². The van der Waals surface area contributed by atoms with Gasteiger partial charge in [0.05, 0.1) is 24.3 Å². The molecule has 0 aliphatic carbocycles. The first-order valence-corrected chi connectivity index (χ1v) is 7.09. The summed E-state index contributed by atoms with van der Waals surface area (Å²) >= 11 is 12.3. The van der Waals surface area contributed by atoms with Gasteiger partial charge in [-0.15, -0.1) is 0 Å². The zero-order valence-electron chi connectivity index (χ0n) is 12.0. The molecule has 2 aromatic carbocycles. The number of benzene rings is 2. The third-order valence-electron chi connectivity index (χ3n) is 3.31. The summed E-state index contributed by atoms with van der Waals surface area (Å²) in [5, 5.41) is 11.3. The largest absolute Gasteiger partial charge is 0.496 e. The van der Waals surface area contributed by atoms with Gasteiger partial charge in [-0.3, -0.25) is 0 Å². The number of halogens is 2. The van der Waals surface area contributed by atoms with Crippen LogP contribution in [0.5, 0.6) is 11.5 Å². The molecule has 2 rings (SSSR count). The van der Waals surface area contributed by atoms with Gasteiger partial charge < -0.3 is 14.6 Å². The SMILES string of the molecule is COc1cc(C(O)c2cc(Cl)c(OC)cc2Cl)ccc1C. The van der Waals surface area contributed by atoms with E-state index >= 15 is 0 Å². The van der Waals surface area contributed by atoms with Crippen LogP contribution in [0, 0.1) is 6.92 Å². The molecule has 0 radical (unpaired) electrons. The van der Waals surface area contributed by atoms with Gasteiger partial charge in [-0.1, -0.05) is 35.3 Å². The highest BCUT2D eigenvalue weighted by atomic mass is 35.5. The first-order valence-electron chi connectivity index (χ1n) is 6.33. The summed E-state index contributed by atoms with van der Waals surface area (Å²) in [6.45, 7) is 1.94. The normalized spacial score (nSPS) is 12.1. The lowest BCUT2D eigenvalue weighted by molar-refractivity contribution is 0.219. The van der Waals surface area contributed by atoms with Gasteiger partial charge in [-0.05, 0) is 30.2 Å². The Morgan fingerprint density at radius 3 is 2.24 bits per heavy atom. The van der Waals surface area contributed by atoms with E-state index in [0.717, 1.165) is 5.56 Å². The summed E-state index contributed by atoms with van der Waals surface area (Å²) in [7, 11) is 3.11. The van der Waals surface area contributed by atoms with E-state index in [1.807, 2.05) is 19.1 Å². The zero-order valence-corrected chi connectivity index (χ0v) is 13.5. The predicted molar refractivity (Wildman–Crippen MR) is 84.8 cm³/mol. The number of hydrogen-bond acceptors (Lipinski definition) is 3. The first-order chi connectivity index (χ1) is 9.97. The number of aliphatic hydroxyl groups excluding tert-OH is 1. The Bertz CT molecular complexity index is 656. The second-order valence-electron chi connectivity index (χ2n) is 4.64. The van der Waals surface area contributed by atoms with Crippen molar-refractivity contribution in [3.05, 3.63) is 57.1 Å². The van der Waals surface area contributed by atoms with Crippen LogP contribution in [0.25, 0.3) is 0 Å². The van der Waals surface area contributed by atoms with Crippen molar-refractivity contribution in [1.29, 1.82) is 0 Å². The van der Waals surface area contributed by atoms with E-state index < -0.39 is 6.10 Å². The molecule has 0 bridgehead atoms. The quantitative estimate of drug-likeness (QED) is 0.904. The molecule has 0 spiro atoms. The molecule has 21 heavy (non-hydrogen) atoms. The third kappa shape index (κ3) is 3.26. The molecule has 2 aromatic rings. The number of aryl methyl sites for hydroxylation is 1. The van der Waals surface area contributed by atoms with Gasteiger partial charge >= 0.3 is 0 Å². The highest BCUT2D eigenvalue weighted by molar-refractivity contribution is 6.34. The van der Waals surface area contributed by atoms with Crippen LogP contribution >= 0.6 is 23.2 Å². The summed E-state index contributed by atoms with van der Waals surface area (Å²) < 4.78 is 10.4. The van der Waals surface area contributed by atoms with Crippen LogP contribution in [-0.4, -0.2) is 19.3 Å². The highest BCUT2D eigenvalue weighted by Gasteiger charge is 2.18. The number of hydrogen-bond donors (Lipinski definition) is 1. The van der Waals surface area contributed by atoms with Crippen LogP contribution in [0.1, 0.15) is 22.8 Å². The number of aliphatic hydroxyl groups is 1. The van der Waals surface area contributed by atoms with Crippen LogP contribution in [0.2, 0.25) is 10.0 Å². The number of rotatable bonds is 4. The molecule has 1 atom stereocenters. The number of methoxy groups -OCH3 is 2. The van der Waals surface area contributed by atoms with Gasteiger partial charge in [0.2, 0.25) is 0 Å². The molecule has 112 valence electrons. The second kappa shape index (κ2) is 6.56. The van der Waals surface area contributed by atoms with Gasteiger partial charge in [0.1, 0.15) is 17.6 Å². The fraction of sp³-hybridized carbons (Fsp3) is 0.250. The Kier molecular flexibility index (Phi) is 4.99. The van der Waals surface area contributed by atoms with E-state index in [4.69, 9.17) is 32.7 Å². The fourth-order valence-electron chi connectivity index (χ4n) is 2.10. The predicted octanol–water partition coefficient (Wildman–Crippen LogP) is 4.40. The van der Waals surface area contributed by atoms with Crippen molar-refractivity contribution in [3.8, 4) is 11.5 Å². The van der Waals surface area contributed by atoms with Crippen molar-refractivity contribution in [3.63, 3.8) is 0 Å². The van der Waals surface area contributed by atoms with Crippen LogP contribution in [0.4, 0.5) is 0 Å². The van der Waals surface area contributed by atoms with Crippen LogP contribution < -0.4 is 9.47 Å². The average Bonchev–Trinajstić information content (AvgIpc) is 2.49. The summed E-state index contributed by atoms with van der Waals surface area (Å²) in [5.41, 5.74) is 2.20.